The number of likely N-dealkylation sites (tertiary alicyclic amines) is 1. The molecule has 0 aromatic heterocycles. The van der Waals surface area contributed by atoms with E-state index in [1.165, 1.54) is 12.8 Å². The van der Waals surface area contributed by atoms with E-state index in [0.29, 0.717) is 11.3 Å². The highest BCUT2D eigenvalue weighted by Gasteiger charge is 2.17. The second-order valence-electron chi connectivity index (χ2n) is 8.13. The van der Waals surface area contributed by atoms with Gasteiger partial charge in [0.2, 0.25) is 5.91 Å². The Balaban J connectivity index is 1.28. The molecule has 0 saturated carbocycles. The van der Waals surface area contributed by atoms with Crippen molar-refractivity contribution in [3.05, 3.63) is 84.4 Å². The Morgan fingerprint density at radius 1 is 0.758 bits per heavy atom. The van der Waals surface area contributed by atoms with Gasteiger partial charge >= 0.3 is 0 Å². The monoisotopic (exact) mass is 443 g/mol. The minimum Gasteiger partial charge on any atom is -0.457 e. The van der Waals surface area contributed by atoms with E-state index in [-0.39, 0.29) is 18.4 Å². The number of ether oxygens (including phenoxy) is 1. The third kappa shape index (κ3) is 6.59. The maximum Gasteiger partial charge on any atom is 0.253 e. The zero-order valence-electron chi connectivity index (χ0n) is 18.6. The number of amides is 2. The van der Waals surface area contributed by atoms with E-state index in [2.05, 4.69) is 10.6 Å². The molecular formula is C27H29N3O3. The van der Waals surface area contributed by atoms with E-state index in [9.17, 15) is 9.59 Å². The molecule has 3 aromatic rings. The van der Waals surface area contributed by atoms with E-state index < -0.39 is 0 Å². The van der Waals surface area contributed by atoms with Gasteiger partial charge in [0, 0.05) is 30.0 Å². The van der Waals surface area contributed by atoms with Gasteiger partial charge in [-0.2, -0.15) is 0 Å². The standard InChI is InChI=1S/C27H29N3O3/c31-26(20-28-22-13-15-25(16-14-22)33-24-11-4-3-5-12-24)29-23-10-8-9-21(19-23)27(32)30-17-6-1-2-7-18-30/h3-5,8-16,19,28H,1-2,6-7,17-18,20H2,(H,29,31). The maximum absolute atomic E-state index is 12.8. The van der Waals surface area contributed by atoms with Gasteiger partial charge in [-0.1, -0.05) is 37.1 Å². The first-order valence-corrected chi connectivity index (χ1v) is 11.4. The molecule has 0 aliphatic carbocycles. The van der Waals surface area contributed by atoms with Crippen LogP contribution in [0.5, 0.6) is 11.5 Å². The minimum atomic E-state index is -0.181. The zero-order valence-corrected chi connectivity index (χ0v) is 18.6. The summed E-state index contributed by atoms with van der Waals surface area (Å²) in [5, 5.41) is 5.98. The van der Waals surface area contributed by atoms with E-state index >= 15 is 0 Å². The molecule has 6 heteroatoms. The Hall–Kier alpha value is -3.80. The molecule has 0 unspecified atom stereocenters. The summed E-state index contributed by atoms with van der Waals surface area (Å²) in [7, 11) is 0. The van der Waals surface area contributed by atoms with Crippen molar-refractivity contribution in [2.75, 3.05) is 30.3 Å². The van der Waals surface area contributed by atoms with E-state index in [1.54, 1.807) is 24.3 Å². The van der Waals surface area contributed by atoms with Crippen LogP contribution in [0.3, 0.4) is 0 Å². The van der Waals surface area contributed by atoms with Crippen LogP contribution >= 0.6 is 0 Å². The smallest absolute Gasteiger partial charge is 0.253 e. The van der Waals surface area contributed by atoms with Gasteiger partial charge in [-0.3, -0.25) is 9.59 Å². The first-order valence-electron chi connectivity index (χ1n) is 11.4. The summed E-state index contributed by atoms with van der Waals surface area (Å²) in [6.07, 6.45) is 4.45. The average molecular weight is 444 g/mol. The predicted octanol–water partition coefficient (Wildman–Crippen LogP) is 5.55. The van der Waals surface area contributed by atoms with Crippen LogP contribution < -0.4 is 15.4 Å². The van der Waals surface area contributed by atoms with E-state index in [1.807, 2.05) is 59.5 Å². The first-order chi connectivity index (χ1) is 16.2. The van der Waals surface area contributed by atoms with Crippen LogP contribution in [0.15, 0.2) is 78.9 Å². The normalized spacial score (nSPS) is 13.6. The average Bonchev–Trinajstić information content (AvgIpc) is 3.14. The molecule has 33 heavy (non-hydrogen) atoms. The number of carbonyl (C=O) groups is 2. The van der Waals surface area contributed by atoms with Crippen LogP contribution in [0.2, 0.25) is 0 Å². The number of para-hydroxylation sites is 1. The lowest BCUT2D eigenvalue weighted by Crippen LogP contribution is -2.31. The van der Waals surface area contributed by atoms with Gasteiger partial charge < -0.3 is 20.3 Å². The van der Waals surface area contributed by atoms with Crippen molar-refractivity contribution in [1.29, 1.82) is 0 Å². The number of benzene rings is 3. The van der Waals surface area contributed by atoms with Crippen LogP contribution in [0, 0.1) is 0 Å². The van der Waals surface area contributed by atoms with Gasteiger partial charge in [0.25, 0.3) is 5.91 Å². The van der Waals surface area contributed by atoms with Gasteiger partial charge in [-0.15, -0.1) is 0 Å². The summed E-state index contributed by atoms with van der Waals surface area (Å²) in [5.74, 6) is 1.35. The molecule has 2 N–H and O–H groups in total. The number of carbonyl (C=O) groups excluding carboxylic acids is 2. The maximum atomic E-state index is 12.8. The van der Waals surface area contributed by atoms with Crippen molar-refractivity contribution in [2.24, 2.45) is 0 Å². The Labute approximate surface area is 194 Å². The lowest BCUT2D eigenvalue weighted by Gasteiger charge is -2.20. The molecule has 1 aliphatic heterocycles. The largest absolute Gasteiger partial charge is 0.457 e. The molecule has 1 aliphatic rings. The summed E-state index contributed by atoms with van der Waals surface area (Å²) in [6.45, 7) is 1.71. The minimum absolute atomic E-state index is 0.0314. The summed E-state index contributed by atoms with van der Waals surface area (Å²) in [4.78, 5) is 27.2. The third-order valence-electron chi connectivity index (χ3n) is 5.57. The zero-order chi connectivity index (χ0) is 22.9. The van der Waals surface area contributed by atoms with E-state index in [4.69, 9.17) is 4.74 Å². The number of anilines is 2. The van der Waals surface area contributed by atoms with E-state index in [0.717, 1.165) is 43.1 Å². The molecule has 1 heterocycles. The highest BCUT2D eigenvalue weighted by molar-refractivity contribution is 5.98. The molecule has 0 atom stereocenters. The number of hydrogen-bond acceptors (Lipinski definition) is 4. The molecule has 170 valence electrons. The molecule has 1 saturated heterocycles. The fourth-order valence-corrected chi connectivity index (χ4v) is 3.84. The van der Waals surface area contributed by atoms with Crippen molar-refractivity contribution in [2.45, 2.75) is 25.7 Å². The molecular weight excluding hydrogens is 414 g/mol. The summed E-state index contributed by atoms with van der Waals surface area (Å²) in [6, 6.07) is 24.2. The van der Waals surface area contributed by atoms with Crippen LogP contribution in [-0.4, -0.2) is 36.3 Å². The van der Waals surface area contributed by atoms with Gasteiger partial charge in [-0.05, 0) is 67.4 Å². The van der Waals surface area contributed by atoms with Crippen molar-refractivity contribution in [1.82, 2.24) is 4.90 Å². The number of hydrogen-bond donors (Lipinski definition) is 2. The Kier molecular flexibility index (Phi) is 7.59. The van der Waals surface area contributed by atoms with Gasteiger partial charge in [0.1, 0.15) is 11.5 Å². The molecule has 1 fully saturated rings. The first kappa shape index (κ1) is 22.4. The Bertz CT molecular complexity index is 1060. The van der Waals surface area contributed by atoms with Crippen LogP contribution in [0.4, 0.5) is 11.4 Å². The number of rotatable bonds is 7. The van der Waals surface area contributed by atoms with Crippen molar-refractivity contribution in [3.8, 4) is 11.5 Å². The van der Waals surface area contributed by atoms with Crippen molar-refractivity contribution >= 4 is 23.2 Å². The molecule has 4 rings (SSSR count). The Morgan fingerprint density at radius 3 is 2.18 bits per heavy atom. The highest BCUT2D eigenvalue weighted by atomic mass is 16.5. The second kappa shape index (κ2) is 11.2. The topological polar surface area (TPSA) is 70.7 Å². The molecule has 6 nitrogen and oxygen atoms in total. The summed E-state index contributed by atoms with van der Waals surface area (Å²) in [5.41, 5.74) is 2.04. The Morgan fingerprint density at radius 2 is 1.45 bits per heavy atom. The SMILES string of the molecule is O=C(CNc1ccc(Oc2ccccc2)cc1)Nc1cccc(C(=O)N2CCCCCC2)c1. The molecule has 3 aromatic carbocycles. The lowest BCUT2D eigenvalue weighted by molar-refractivity contribution is -0.114. The van der Waals surface area contributed by atoms with Crippen LogP contribution in [0.1, 0.15) is 36.0 Å². The van der Waals surface area contributed by atoms with Gasteiger partial charge in [-0.25, -0.2) is 0 Å². The van der Waals surface area contributed by atoms with Crippen LogP contribution in [-0.2, 0) is 4.79 Å². The highest BCUT2D eigenvalue weighted by Crippen LogP contribution is 2.22. The number of nitrogens with one attached hydrogen (secondary N) is 2. The predicted molar refractivity (Wildman–Crippen MR) is 131 cm³/mol. The summed E-state index contributed by atoms with van der Waals surface area (Å²) >= 11 is 0. The van der Waals surface area contributed by atoms with Gasteiger partial charge in [0.15, 0.2) is 0 Å². The number of nitrogens with zero attached hydrogens (tertiary/aromatic N) is 1. The molecule has 0 bridgehead atoms. The third-order valence-corrected chi connectivity index (χ3v) is 5.57. The fourth-order valence-electron chi connectivity index (χ4n) is 3.84. The lowest BCUT2D eigenvalue weighted by atomic mass is 10.1. The molecule has 2 amide bonds. The van der Waals surface area contributed by atoms with Gasteiger partial charge in [0.05, 0.1) is 6.54 Å². The van der Waals surface area contributed by atoms with Crippen molar-refractivity contribution in [3.63, 3.8) is 0 Å². The molecule has 0 radical (unpaired) electrons. The fraction of sp³-hybridized carbons (Fsp3) is 0.259. The second-order valence-corrected chi connectivity index (χ2v) is 8.13. The van der Waals surface area contributed by atoms with Crippen LogP contribution in [0.25, 0.3) is 0 Å². The quantitative estimate of drug-likeness (QED) is 0.503. The van der Waals surface area contributed by atoms with Crippen molar-refractivity contribution < 1.29 is 14.3 Å². The molecule has 0 spiro atoms. The summed E-state index contributed by atoms with van der Waals surface area (Å²) < 4.78 is 5.78.